The number of nitrogens with zero attached hydrogens (tertiary/aromatic N) is 4. The van der Waals surface area contributed by atoms with Gasteiger partial charge in [0.1, 0.15) is 12.0 Å². The Bertz CT molecular complexity index is 1710. The minimum atomic E-state index is -0.619. The third-order valence-electron chi connectivity index (χ3n) is 17.3. The zero-order valence-corrected chi connectivity index (χ0v) is 34.4. The van der Waals surface area contributed by atoms with Gasteiger partial charge in [-0.15, -0.1) is 0 Å². The third-order valence-corrected chi connectivity index (χ3v) is 17.3. The summed E-state index contributed by atoms with van der Waals surface area (Å²) < 4.78 is 16.2. The van der Waals surface area contributed by atoms with Gasteiger partial charge in [0.15, 0.2) is 5.82 Å². The van der Waals surface area contributed by atoms with Gasteiger partial charge >= 0.3 is 5.97 Å². The van der Waals surface area contributed by atoms with Crippen LogP contribution in [0.2, 0.25) is 0 Å². The molecule has 9 heteroatoms. The summed E-state index contributed by atoms with van der Waals surface area (Å²) in [5.41, 5.74) is 0.844. The number of hydrogen-bond donors (Lipinski definition) is 2. The molecule has 1 aliphatic heterocycles. The molecule has 2 aromatic rings. The van der Waals surface area contributed by atoms with Crippen LogP contribution in [0, 0.1) is 62.6 Å². The van der Waals surface area contributed by atoms with Crippen LogP contribution in [0.5, 0.6) is 0 Å². The van der Waals surface area contributed by atoms with E-state index in [2.05, 4.69) is 85.3 Å². The number of carboxylic acid groups (broad SMARTS) is 1. The van der Waals surface area contributed by atoms with Crippen molar-refractivity contribution in [3.8, 4) is 11.5 Å². The van der Waals surface area contributed by atoms with Crippen LogP contribution in [-0.2, 0) is 14.3 Å². The standard InChI is InChI=1S/C44H67N5O4/c1-27(2)29(5)39(6)19-20-41(8)30-15-16-34-40(7)23-52-25-44(34,31(30)17-18-42(41,9)35(39)38(50)51)22-33(36(40)53-24-43(10,45-11)28(3)4)49-37(47-26-48-49)32-14-12-13-21-46-32/h12-14,17,21,26-30,33-36,45H,15-16,18-20,22-25H2,1-11H3,(H,50,51)/t29-,30+,33-,34+,35-,36+,39-,40+,41-,42+,43+,44?/m1/s1. The second kappa shape index (κ2) is 13.3. The molecule has 1 saturated heterocycles. The molecule has 2 aromatic heterocycles. The zero-order valence-electron chi connectivity index (χ0n) is 34.4. The number of aliphatic carboxylic acids is 1. The molecule has 3 saturated carbocycles. The summed E-state index contributed by atoms with van der Waals surface area (Å²) in [7, 11) is 2.03. The highest BCUT2D eigenvalue weighted by Gasteiger charge is 2.72. The largest absolute Gasteiger partial charge is 0.481 e. The summed E-state index contributed by atoms with van der Waals surface area (Å²) in [4.78, 5) is 23.1. The van der Waals surface area contributed by atoms with Crippen LogP contribution < -0.4 is 5.32 Å². The number of nitrogens with one attached hydrogen (secondary N) is 1. The van der Waals surface area contributed by atoms with Crippen molar-refractivity contribution in [1.29, 1.82) is 0 Å². The van der Waals surface area contributed by atoms with Crippen LogP contribution in [0.1, 0.15) is 114 Å². The van der Waals surface area contributed by atoms with Crippen LogP contribution in [0.25, 0.3) is 11.5 Å². The van der Waals surface area contributed by atoms with Gasteiger partial charge in [0.05, 0.1) is 37.9 Å². The summed E-state index contributed by atoms with van der Waals surface area (Å²) in [5.74, 6) is 1.49. The van der Waals surface area contributed by atoms with Crippen molar-refractivity contribution in [1.82, 2.24) is 25.1 Å². The first-order chi connectivity index (χ1) is 24.9. The van der Waals surface area contributed by atoms with Crippen LogP contribution in [0.15, 0.2) is 42.4 Å². The number of rotatable bonds is 10. The van der Waals surface area contributed by atoms with Gasteiger partial charge in [-0.1, -0.05) is 80.0 Å². The normalized spacial score (nSPS) is 41.2. The van der Waals surface area contributed by atoms with Crippen LogP contribution in [0.4, 0.5) is 0 Å². The molecule has 9 nitrogen and oxygen atoms in total. The van der Waals surface area contributed by atoms with E-state index in [4.69, 9.17) is 24.5 Å². The van der Waals surface area contributed by atoms with Gasteiger partial charge in [-0.25, -0.2) is 9.67 Å². The summed E-state index contributed by atoms with van der Waals surface area (Å²) in [6.45, 7) is 25.0. The molecule has 2 bridgehead atoms. The van der Waals surface area contributed by atoms with E-state index in [0.29, 0.717) is 49.4 Å². The number of aromatic nitrogens is 4. The smallest absolute Gasteiger partial charge is 0.307 e. The average molecular weight is 730 g/mol. The highest BCUT2D eigenvalue weighted by Crippen LogP contribution is 2.75. The fourth-order valence-electron chi connectivity index (χ4n) is 13.1. The Hall–Kier alpha value is -2.62. The molecule has 12 atom stereocenters. The lowest BCUT2D eigenvalue weighted by molar-refractivity contribution is -0.253. The quantitative estimate of drug-likeness (QED) is 0.234. The minimum Gasteiger partial charge on any atom is -0.481 e. The van der Waals surface area contributed by atoms with E-state index in [-0.39, 0.29) is 44.8 Å². The van der Waals surface area contributed by atoms with E-state index >= 15 is 0 Å². The third kappa shape index (κ3) is 5.47. The highest BCUT2D eigenvalue weighted by molar-refractivity contribution is 5.73. The van der Waals surface area contributed by atoms with E-state index < -0.39 is 11.9 Å². The number of pyridine rings is 1. The molecule has 0 spiro atoms. The molecule has 0 amide bonds. The van der Waals surface area contributed by atoms with Crippen molar-refractivity contribution in [2.45, 2.75) is 125 Å². The van der Waals surface area contributed by atoms with Gasteiger partial charge in [-0.2, -0.15) is 5.10 Å². The Kier molecular flexibility index (Phi) is 9.67. The molecule has 7 rings (SSSR count). The van der Waals surface area contributed by atoms with E-state index in [1.807, 2.05) is 31.4 Å². The SMILES string of the molecule is CN[C@@](C)(CO[C@H]1[C@H](n2ncnc2-c2ccccn2)CC23COC[C@@]1(C)[C@@H]2CC[C@H]1C3=CC[C@@]2(C)[C@H](C(=O)O)[C@@](C)([C@H](C)C(C)C)CC[C@]12C)C(C)C. The number of ether oxygens (including phenoxy) is 2. The molecule has 2 N–H and O–H groups in total. The number of hydrogen-bond acceptors (Lipinski definition) is 7. The molecule has 4 fully saturated rings. The molecule has 3 heterocycles. The molecular weight excluding hydrogens is 663 g/mol. The van der Waals surface area contributed by atoms with Gasteiger partial charge < -0.3 is 19.9 Å². The molecule has 4 aliphatic carbocycles. The lowest BCUT2D eigenvalue weighted by Gasteiger charge is -2.71. The second-order valence-corrected chi connectivity index (χ2v) is 19.9. The van der Waals surface area contributed by atoms with Crippen molar-refractivity contribution in [3.63, 3.8) is 0 Å². The Morgan fingerprint density at radius 3 is 2.47 bits per heavy atom. The topological polar surface area (TPSA) is 111 Å². The maximum absolute atomic E-state index is 13.6. The van der Waals surface area contributed by atoms with Gasteiger partial charge in [0, 0.05) is 22.6 Å². The molecule has 1 unspecified atom stereocenters. The van der Waals surface area contributed by atoms with Gasteiger partial charge in [0.25, 0.3) is 0 Å². The maximum atomic E-state index is 13.6. The van der Waals surface area contributed by atoms with Crippen molar-refractivity contribution in [2.24, 2.45) is 62.6 Å². The second-order valence-electron chi connectivity index (χ2n) is 19.9. The summed E-state index contributed by atoms with van der Waals surface area (Å²) >= 11 is 0. The molecule has 0 radical (unpaired) electrons. The first kappa shape index (κ1) is 38.6. The van der Waals surface area contributed by atoms with Crippen molar-refractivity contribution >= 4 is 5.97 Å². The Labute approximate surface area is 318 Å². The van der Waals surface area contributed by atoms with Crippen molar-refractivity contribution in [2.75, 3.05) is 26.9 Å². The number of fused-ring (bicyclic) bond motifs is 3. The highest BCUT2D eigenvalue weighted by atomic mass is 16.5. The predicted molar refractivity (Wildman–Crippen MR) is 208 cm³/mol. The van der Waals surface area contributed by atoms with Gasteiger partial charge in [0.2, 0.25) is 0 Å². The van der Waals surface area contributed by atoms with Crippen LogP contribution in [-0.4, -0.2) is 69.3 Å². The first-order valence-corrected chi connectivity index (χ1v) is 20.6. The summed E-state index contributed by atoms with van der Waals surface area (Å²) in [6, 6.07) is 5.86. The molecule has 53 heavy (non-hydrogen) atoms. The van der Waals surface area contributed by atoms with E-state index in [1.54, 1.807) is 6.33 Å². The maximum Gasteiger partial charge on any atom is 0.307 e. The number of carboxylic acids is 1. The summed E-state index contributed by atoms with van der Waals surface area (Å²) in [5, 5.41) is 19.7. The number of allylic oxidation sites excluding steroid dienone is 1. The Balaban J connectivity index is 1.35. The predicted octanol–water partition coefficient (Wildman–Crippen LogP) is 8.49. The van der Waals surface area contributed by atoms with Gasteiger partial charge in [-0.05, 0) is 110 Å². The van der Waals surface area contributed by atoms with E-state index in [1.165, 1.54) is 5.57 Å². The Morgan fingerprint density at radius 2 is 1.83 bits per heavy atom. The number of likely N-dealkylation sites (N-methyl/N-ethyl adjacent to an activating group) is 1. The monoisotopic (exact) mass is 730 g/mol. The summed E-state index contributed by atoms with van der Waals surface area (Å²) in [6.07, 6.45) is 11.6. The lowest BCUT2D eigenvalue weighted by atomic mass is 9.34. The molecule has 0 aromatic carbocycles. The van der Waals surface area contributed by atoms with E-state index in [0.717, 1.165) is 50.0 Å². The zero-order chi connectivity index (χ0) is 38.4. The Morgan fingerprint density at radius 1 is 1.08 bits per heavy atom. The van der Waals surface area contributed by atoms with E-state index in [9.17, 15) is 9.90 Å². The van der Waals surface area contributed by atoms with Crippen molar-refractivity contribution in [3.05, 3.63) is 42.4 Å². The van der Waals surface area contributed by atoms with Crippen LogP contribution in [0.3, 0.4) is 0 Å². The number of carbonyl (C=O) groups is 1. The van der Waals surface area contributed by atoms with Crippen molar-refractivity contribution < 1.29 is 19.4 Å². The molecule has 292 valence electrons. The molecular formula is C44H67N5O4. The van der Waals surface area contributed by atoms with Crippen LogP contribution >= 0.6 is 0 Å². The molecule has 5 aliphatic rings. The minimum absolute atomic E-state index is 0.0954. The fraction of sp³-hybridized carbons (Fsp3) is 0.773. The van der Waals surface area contributed by atoms with Gasteiger partial charge in [-0.3, -0.25) is 9.78 Å². The fourth-order valence-corrected chi connectivity index (χ4v) is 13.1. The first-order valence-electron chi connectivity index (χ1n) is 20.6. The lowest BCUT2D eigenvalue weighted by Crippen LogP contribution is -2.69. The average Bonchev–Trinajstić information content (AvgIpc) is 3.61.